The topological polar surface area (TPSA) is 61.8 Å². The normalized spacial score (nSPS) is 11.6. The van der Waals surface area contributed by atoms with Crippen LogP contribution in [0.25, 0.3) is 0 Å². The van der Waals surface area contributed by atoms with Gasteiger partial charge >= 0.3 is 12.1 Å². The molecule has 0 aliphatic carbocycles. The highest BCUT2D eigenvalue weighted by molar-refractivity contribution is 5.89. The molecule has 0 bridgehead atoms. The number of unbranched alkanes of at least 4 members (excludes halogenated alkanes) is 1. The number of hydrogen-bond acceptors (Lipinski definition) is 5. The predicted molar refractivity (Wildman–Crippen MR) is 96.8 cm³/mol. The quantitative estimate of drug-likeness (QED) is 0.419. The second kappa shape index (κ2) is 12.3. The van der Waals surface area contributed by atoms with Gasteiger partial charge in [-0.3, -0.25) is 0 Å². The van der Waals surface area contributed by atoms with Gasteiger partial charge in [-0.05, 0) is 37.0 Å². The lowest BCUT2D eigenvalue weighted by atomic mass is 10.1. The molecule has 5 heteroatoms. The third kappa shape index (κ3) is 8.57. The number of rotatable bonds is 11. The van der Waals surface area contributed by atoms with E-state index in [-0.39, 0.29) is 6.61 Å². The Kier molecular flexibility index (Phi) is 10.4. The van der Waals surface area contributed by atoms with Crippen LogP contribution in [0.4, 0.5) is 4.79 Å². The summed E-state index contributed by atoms with van der Waals surface area (Å²) in [6, 6.07) is 7.43. The number of aryl methyl sites for hydroxylation is 1. The van der Waals surface area contributed by atoms with Crippen molar-refractivity contribution in [2.45, 2.75) is 65.4 Å². The van der Waals surface area contributed by atoms with Crippen LogP contribution in [-0.4, -0.2) is 31.4 Å². The van der Waals surface area contributed by atoms with Crippen molar-refractivity contribution in [3.63, 3.8) is 0 Å². The molecule has 140 valence electrons. The number of hydrogen-bond donors (Lipinski definition) is 0. The molecular formula is C20H30O5. The van der Waals surface area contributed by atoms with Gasteiger partial charge in [0.2, 0.25) is 0 Å². The lowest BCUT2D eigenvalue weighted by Crippen LogP contribution is -2.25. The van der Waals surface area contributed by atoms with Crippen molar-refractivity contribution in [3.8, 4) is 0 Å². The second-order valence-corrected chi connectivity index (χ2v) is 6.03. The van der Waals surface area contributed by atoms with Crippen molar-refractivity contribution in [2.75, 3.05) is 13.2 Å². The minimum Gasteiger partial charge on any atom is -0.455 e. The van der Waals surface area contributed by atoms with Crippen LogP contribution in [0.5, 0.6) is 0 Å². The van der Waals surface area contributed by atoms with Gasteiger partial charge in [-0.1, -0.05) is 52.2 Å². The Bertz CT molecular complexity index is 509. The SMILES string of the molecule is CCCCOC(=O)OCC(CCC)OC(=O)c1ccc(CCC)cc1. The summed E-state index contributed by atoms with van der Waals surface area (Å²) in [7, 11) is 0. The number of ether oxygens (including phenoxy) is 3. The van der Waals surface area contributed by atoms with Gasteiger partial charge in [-0.2, -0.15) is 0 Å². The second-order valence-electron chi connectivity index (χ2n) is 6.03. The van der Waals surface area contributed by atoms with Crippen LogP contribution in [0.2, 0.25) is 0 Å². The van der Waals surface area contributed by atoms with Crippen LogP contribution in [0.3, 0.4) is 0 Å². The molecule has 0 saturated carbocycles. The summed E-state index contributed by atoms with van der Waals surface area (Å²) in [4.78, 5) is 23.8. The molecule has 0 spiro atoms. The zero-order valence-corrected chi connectivity index (χ0v) is 15.6. The fourth-order valence-corrected chi connectivity index (χ4v) is 2.32. The van der Waals surface area contributed by atoms with E-state index in [0.29, 0.717) is 18.6 Å². The van der Waals surface area contributed by atoms with Gasteiger partial charge in [0, 0.05) is 0 Å². The summed E-state index contributed by atoms with van der Waals surface area (Å²) >= 11 is 0. The summed E-state index contributed by atoms with van der Waals surface area (Å²) in [5.41, 5.74) is 1.70. The maximum atomic E-state index is 12.3. The zero-order valence-electron chi connectivity index (χ0n) is 15.6. The average molecular weight is 350 g/mol. The van der Waals surface area contributed by atoms with Crippen LogP contribution < -0.4 is 0 Å². The highest BCUT2D eigenvalue weighted by Gasteiger charge is 2.18. The number of benzene rings is 1. The van der Waals surface area contributed by atoms with E-state index < -0.39 is 18.2 Å². The lowest BCUT2D eigenvalue weighted by Gasteiger charge is -2.17. The van der Waals surface area contributed by atoms with E-state index in [4.69, 9.17) is 14.2 Å². The van der Waals surface area contributed by atoms with Gasteiger partial charge in [0.15, 0.2) is 0 Å². The lowest BCUT2D eigenvalue weighted by molar-refractivity contribution is -0.00926. The van der Waals surface area contributed by atoms with Crippen LogP contribution in [-0.2, 0) is 20.6 Å². The Morgan fingerprint density at radius 2 is 1.68 bits per heavy atom. The number of esters is 1. The Morgan fingerprint density at radius 1 is 0.960 bits per heavy atom. The molecule has 0 aliphatic heterocycles. The van der Waals surface area contributed by atoms with Crippen LogP contribution in [0.15, 0.2) is 24.3 Å². The predicted octanol–water partition coefficient (Wildman–Crippen LogP) is 4.92. The highest BCUT2D eigenvalue weighted by Crippen LogP contribution is 2.11. The molecule has 0 radical (unpaired) electrons. The van der Waals surface area contributed by atoms with Gasteiger partial charge in [0.05, 0.1) is 12.2 Å². The van der Waals surface area contributed by atoms with Gasteiger partial charge in [-0.25, -0.2) is 9.59 Å². The van der Waals surface area contributed by atoms with Crippen LogP contribution >= 0.6 is 0 Å². The summed E-state index contributed by atoms with van der Waals surface area (Å²) < 4.78 is 15.5. The highest BCUT2D eigenvalue weighted by atomic mass is 16.7. The van der Waals surface area contributed by atoms with E-state index in [2.05, 4.69) is 6.92 Å². The minimum absolute atomic E-state index is 0.0124. The van der Waals surface area contributed by atoms with Crippen molar-refractivity contribution >= 4 is 12.1 Å². The standard InChI is InChI=1S/C20H30O5/c1-4-7-14-23-20(22)24-15-18(9-6-3)25-19(21)17-12-10-16(8-5-2)11-13-17/h10-13,18H,4-9,14-15H2,1-3H3. The largest absolute Gasteiger partial charge is 0.508 e. The number of carbonyl (C=O) groups excluding carboxylic acids is 2. The van der Waals surface area contributed by atoms with Crippen molar-refractivity contribution in [1.29, 1.82) is 0 Å². The third-order valence-electron chi connectivity index (χ3n) is 3.72. The Hall–Kier alpha value is -2.04. The van der Waals surface area contributed by atoms with Gasteiger partial charge < -0.3 is 14.2 Å². The van der Waals surface area contributed by atoms with E-state index in [9.17, 15) is 9.59 Å². The van der Waals surface area contributed by atoms with E-state index in [1.54, 1.807) is 12.1 Å². The molecule has 0 aromatic heterocycles. The molecule has 0 heterocycles. The summed E-state index contributed by atoms with van der Waals surface area (Å²) in [5, 5.41) is 0. The van der Waals surface area contributed by atoms with Crippen molar-refractivity contribution < 1.29 is 23.8 Å². The van der Waals surface area contributed by atoms with Crippen LogP contribution in [0.1, 0.15) is 68.8 Å². The van der Waals surface area contributed by atoms with E-state index >= 15 is 0 Å². The average Bonchev–Trinajstić information content (AvgIpc) is 2.61. The molecule has 0 saturated heterocycles. The monoisotopic (exact) mass is 350 g/mol. The first-order chi connectivity index (χ1) is 12.1. The first-order valence-corrected chi connectivity index (χ1v) is 9.20. The van der Waals surface area contributed by atoms with Crippen molar-refractivity contribution in [3.05, 3.63) is 35.4 Å². The molecule has 1 unspecified atom stereocenters. The molecule has 0 amide bonds. The third-order valence-corrected chi connectivity index (χ3v) is 3.72. The fourth-order valence-electron chi connectivity index (χ4n) is 2.32. The molecule has 0 N–H and O–H groups in total. The Balaban J connectivity index is 2.49. The fraction of sp³-hybridized carbons (Fsp3) is 0.600. The maximum absolute atomic E-state index is 12.3. The molecule has 0 fully saturated rings. The molecule has 1 rings (SSSR count). The number of carbonyl (C=O) groups is 2. The summed E-state index contributed by atoms with van der Waals surface area (Å²) in [5.74, 6) is -0.399. The van der Waals surface area contributed by atoms with E-state index in [1.165, 1.54) is 5.56 Å². The summed E-state index contributed by atoms with van der Waals surface area (Å²) in [6.07, 6.45) is 4.07. The first-order valence-electron chi connectivity index (χ1n) is 9.20. The van der Waals surface area contributed by atoms with Gasteiger partial charge in [0.25, 0.3) is 0 Å². The van der Waals surface area contributed by atoms with E-state index in [0.717, 1.165) is 32.1 Å². The van der Waals surface area contributed by atoms with Crippen LogP contribution in [0, 0.1) is 0 Å². The first kappa shape index (κ1) is 21.0. The smallest absolute Gasteiger partial charge is 0.455 e. The summed E-state index contributed by atoms with van der Waals surface area (Å²) in [6.45, 7) is 6.47. The minimum atomic E-state index is -0.713. The van der Waals surface area contributed by atoms with Crippen molar-refractivity contribution in [1.82, 2.24) is 0 Å². The maximum Gasteiger partial charge on any atom is 0.508 e. The van der Waals surface area contributed by atoms with Crippen molar-refractivity contribution in [2.24, 2.45) is 0 Å². The molecule has 5 nitrogen and oxygen atoms in total. The Labute approximate surface area is 150 Å². The Morgan fingerprint density at radius 3 is 2.28 bits per heavy atom. The van der Waals surface area contributed by atoms with Gasteiger partial charge in [0.1, 0.15) is 12.7 Å². The van der Waals surface area contributed by atoms with Gasteiger partial charge in [-0.15, -0.1) is 0 Å². The molecule has 25 heavy (non-hydrogen) atoms. The zero-order chi connectivity index (χ0) is 18.5. The molecule has 0 aliphatic rings. The molecule has 1 aromatic rings. The van der Waals surface area contributed by atoms with E-state index in [1.807, 2.05) is 26.0 Å². The molecule has 1 atom stereocenters. The molecular weight excluding hydrogens is 320 g/mol. The molecule has 1 aromatic carbocycles.